The molecule has 1 N–H and O–H groups in total. The fraction of sp³-hybridized carbons (Fsp3) is 0.286. The van der Waals surface area contributed by atoms with Crippen LogP contribution in [0.1, 0.15) is 24.5 Å². The average Bonchev–Trinajstić information content (AvgIpc) is 2.93. The number of nitrogens with one attached hydrogen (secondary N) is 1. The summed E-state index contributed by atoms with van der Waals surface area (Å²) in [6.45, 7) is 3.10. The first-order valence-electron chi connectivity index (χ1n) is 12.2. The molecule has 8 nitrogen and oxygen atoms in total. The largest absolute Gasteiger partial charge is 0.497 e. The van der Waals surface area contributed by atoms with E-state index in [-0.39, 0.29) is 23.0 Å². The van der Waals surface area contributed by atoms with Gasteiger partial charge in [-0.1, -0.05) is 53.9 Å². The molecule has 0 fully saturated rings. The van der Waals surface area contributed by atoms with E-state index in [1.807, 2.05) is 6.92 Å². The Labute approximate surface area is 239 Å². The first-order chi connectivity index (χ1) is 18.5. The monoisotopic (exact) mass is 591 g/mol. The Morgan fingerprint density at radius 1 is 0.974 bits per heavy atom. The molecule has 0 radical (unpaired) electrons. The quantitative estimate of drug-likeness (QED) is 0.336. The van der Waals surface area contributed by atoms with E-state index in [0.29, 0.717) is 27.8 Å². The first kappa shape index (κ1) is 30.3. The third kappa shape index (κ3) is 7.23. The second-order valence-electron chi connectivity index (χ2n) is 8.83. The zero-order valence-corrected chi connectivity index (χ0v) is 24.5. The van der Waals surface area contributed by atoms with Crippen molar-refractivity contribution >= 4 is 50.7 Å². The van der Waals surface area contributed by atoms with Gasteiger partial charge in [0.15, 0.2) is 0 Å². The van der Waals surface area contributed by atoms with Crippen LogP contribution >= 0.6 is 23.2 Å². The molecule has 3 rings (SSSR count). The number of sulfonamides is 1. The molecular formula is C28H31Cl2N3O5S. The molecule has 0 heterocycles. The topological polar surface area (TPSA) is 96.0 Å². The highest BCUT2D eigenvalue weighted by molar-refractivity contribution is 7.92. The van der Waals surface area contributed by atoms with E-state index in [2.05, 4.69) is 5.32 Å². The van der Waals surface area contributed by atoms with Crippen molar-refractivity contribution in [3.8, 4) is 5.75 Å². The third-order valence-corrected chi connectivity index (χ3v) is 8.74. The van der Waals surface area contributed by atoms with E-state index in [9.17, 15) is 18.0 Å². The predicted octanol–water partition coefficient (Wildman–Crippen LogP) is 5.06. The zero-order chi connectivity index (χ0) is 28.7. The Balaban J connectivity index is 2.07. The Morgan fingerprint density at radius 3 is 2.15 bits per heavy atom. The lowest BCUT2D eigenvalue weighted by atomic mass is 10.1. The molecule has 2 amide bonds. The number of carbonyl (C=O) groups excluding carboxylic acids is 2. The lowest BCUT2D eigenvalue weighted by Gasteiger charge is -2.33. The molecule has 0 aliphatic heterocycles. The lowest BCUT2D eigenvalue weighted by Crippen LogP contribution is -2.51. The maximum absolute atomic E-state index is 13.9. The van der Waals surface area contributed by atoms with Gasteiger partial charge in [0.1, 0.15) is 18.3 Å². The van der Waals surface area contributed by atoms with E-state index < -0.39 is 28.5 Å². The van der Waals surface area contributed by atoms with Gasteiger partial charge >= 0.3 is 0 Å². The van der Waals surface area contributed by atoms with E-state index in [1.165, 1.54) is 31.2 Å². The molecule has 3 aromatic carbocycles. The number of aryl methyl sites for hydroxylation is 1. The Kier molecular flexibility index (Phi) is 10.2. The van der Waals surface area contributed by atoms with Crippen molar-refractivity contribution in [1.29, 1.82) is 0 Å². The molecule has 0 bridgehead atoms. The van der Waals surface area contributed by atoms with Crippen molar-refractivity contribution in [2.24, 2.45) is 0 Å². The predicted molar refractivity (Wildman–Crippen MR) is 154 cm³/mol. The summed E-state index contributed by atoms with van der Waals surface area (Å²) in [6.07, 6.45) is 0.306. The van der Waals surface area contributed by atoms with E-state index in [1.54, 1.807) is 61.5 Å². The minimum absolute atomic E-state index is 0.0165. The van der Waals surface area contributed by atoms with Gasteiger partial charge in [-0.05, 0) is 67.4 Å². The highest BCUT2D eigenvalue weighted by Crippen LogP contribution is 2.28. The van der Waals surface area contributed by atoms with Gasteiger partial charge in [-0.25, -0.2) is 8.42 Å². The number of carbonyl (C=O) groups is 2. The van der Waals surface area contributed by atoms with Crippen LogP contribution in [0.3, 0.4) is 0 Å². The van der Waals surface area contributed by atoms with E-state index in [0.717, 1.165) is 9.87 Å². The minimum Gasteiger partial charge on any atom is -0.497 e. The fourth-order valence-electron chi connectivity index (χ4n) is 4.04. The van der Waals surface area contributed by atoms with E-state index in [4.69, 9.17) is 27.9 Å². The maximum atomic E-state index is 13.9. The summed E-state index contributed by atoms with van der Waals surface area (Å²) in [5.74, 6) is -0.406. The van der Waals surface area contributed by atoms with Crippen LogP contribution in [0.25, 0.3) is 0 Å². The summed E-state index contributed by atoms with van der Waals surface area (Å²) in [4.78, 5) is 28.1. The molecule has 11 heteroatoms. The number of hydrogen-bond donors (Lipinski definition) is 1. The number of ether oxygens (including phenoxy) is 1. The smallest absolute Gasteiger partial charge is 0.264 e. The van der Waals surface area contributed by atoms with Crippen molar-refractivity contribution in [2.75, 3.05) is 25.0 Å². The summed E-state index contributed by atoms with van der Waals surface area (Å²) in [5.41, 5.74) is 1.80. The number of nitrogens with zero attached hydrogens (tertiary/aromatic N) is 2. The molecule has 0 aliphatic carbocycles. The Bertz CT molecular complexity index is 1410. The molecule has 0 aromatic heterocycles. The number of anilines is 1. The molecule has 0 aliphatic rings. The van der Waals surface area contributed by atoms with Crippen LogP contribution in [0.2, 0.25) is 10.0 Å². The van der Waals surface area contributed by atoms with E-state index >= 15 is 0 Å². The number of benzene rings is 3. The number of halogens is 2. The molecule has 39 heavy (non-hydrogen) atoms. The van der Waals surface area contributed by atoms with Crippen LogP contribution in [0.15, 0.2) is 71.6 Å². The standard InChI is InChI=1S/C28H31Cl2N3O5S/c1-5-26(28(35)31-3)32(17-20-8-15-24(29)25(30)16-20)27(34)18-33(21-9-11-22(38-4)12-10-21)39(36,37)23-13-6-19(2)7-14-23/h6-16,26H,5,17-18H2,1-4H3,(H,31,35)/t26-/m0/s1. The second kappa shape index (κ2) is 13.2. The van der Waals surface area contributed by atoms with Crippen LogP contribution < -0.4 is 14.4 Å². The normalized spacial score (nSPS) is 11.9. The summed E-state index contributed by atoms with van der Waals surface area (Å²) >= 11 is 12.3. The van der Waals surface area contributed by atoms with Crippen LogP contribution in [-0.4, -0.2) is 51.9 Å². The lowest BCUT2D eigenvalue weighted by molar-refractivity contribution is -0.140. The molecule has 0 saturated heterocycles. The van der Waals surface area contributed by atoms with Gasteiger partial charge in [-0.15, -0.1) is 0 Å². The number of rotatable bonds is 11. The van der Waals surface area contributed by atoms with Crippen molar-refractivity contribution in [3.05, 3.63) is 87.9 Å². The molecule has 0 unspecified atom stereocenters. The van der Waals surface area contributed by atoms with Gasteiger partial charge in [-0.2, -0.15) is 0 Å². The Morgan fingerprint density at radius 2 is 1.62 bits per heavy atom. The van der Waals surface area contributed by atoms with Gasteiger partial charge < -0.3 is 15.0 Å². The summed E-state index contributed by atoms with van der Waals surface area (Å²) in [5, 5.41) is 3.25. The molecule has 3 aromatic rings. The van der Waals surface area contributed by atoms with Crippen LogP contribution in [0.5, 0.6) is 5.75 Å². The van der Waals surface area contributed by atoms with Gasteiger partial charge in [0.25, 0.3) is 10.0 Å². The zero-order valence-electron chi connectivity index (χ0n) is 22.1. The van der Waals surface area contributed by atoms with Gasteiger partial charge in [-0.3, -0.25) is 13.9 Å². The van der Waals surface area contributed by atoms with Crippen LogP contribution in [0, 0.1) is 6.92 Å². The van der Waals surface area contributed by atoms with Crippen LogP contribution in [0.4, 0.5) is 5.69 Å². The van der Waals surface area contributed by atoms with Crippen LogP contribution in [-0.2, 0) is 26.2 Å². The minimum atomic E-state index is -4.16. The molecule has 208 valence electrons. The summed E-state index contributed by atoms with van der Waals surface area (Å²) in [6, 6.07) is 16.8. The summed E-state index contributed by atoms with van der Waals surface area (Å²) < 4.78 is 33.9. The molecule has 0 spiro atoms. The highest BCUT2D eigenvalue weighted by Gasteiger charge is 2.33. The summed E-state index contributed by atoms with van der Waals surface area (Å²) in [7, 11) is -1.17. The van der Waals surface area contributed by atoms with Crippen molar-refractivity contribution < 1.29 is 22.7 Å². The maximum Gasteiger partial charge on any atom is 0.264 e. The molecule has 0 saturated carbocycles. The number of likely N-dealkylation sites (N-methyl/N-ethyl adjacent to an activating group) is 1. The highest BCUT2D eigenvalue weighted by atomic mass is 35.5. The van der Waals surface area contributed by atoms with Crippen molar-refractivity contribution in [2.45, 2.75) is 37.8 Å². The average molecular weight is 593 g/mol. The second-order valence-corrected chi connectivity index (χ2v) is 11.5. The number of methoxy groups -OCH3 is 1. The first-order valence-corrected chi connectivity index (χ1v) is 14.4. The van der Waals surface area contributed by atoms with Crippen molar-refractivity contribution in [3.63, 3.8) is 0 Å². The van der Waals surface area contributed by atoms with Gasteiger partial charge in [0.2, 0.25) is 11.8 Å². The van der Waals surface area contributed by atoms with Crippen molar-refractivity contribution in [1.82, 2.24) is 10.2 Å². The molecular weight excluding hydrogens is 561 g/mol. The number of amides is 2. The number of hydrogen-bond acceptors (Lipinski definition) is 5. The molecule has 1 atom stereocenters. The van der Waals surface area contributed by atoms with Gasteiger partial charge in [0.05, 0.1) is 27.7 Å². The third-order valence-electron chi connectivity index (χ3n) is 6.22. The Hall–Kier alpha value is -3.27. The fourth-order valence-corrected chi connectivity index (χ4v) is 5.77. The van der Waals surface area contributed by atoms with Gasteiger partial charge in [0, 0.05) is 13.6 Å². The SMILES string of the molecule is CC[C@@H](C(=O)NC)N(Cc1ccc(Cl)c(Cl)c1)C(=O)CN(c1ccc(OC)cc1)S(=O)(=O)c1ccc(C)cc1.